The Morgan fingerprint density at radius 3 is 2.72 bits per heavy atom. The molecule has 0 fully saturated rings. The van der Waals surface area contributed by atoms with Crippen LogP contribution < -0.4 is 5.32 Å². The number of benzene rings is 1. The molecule has 0 atom stereocenters. The first kappa shape index (κ1) is 16.6. The first-order valence-electron chi connectivity index (χ1n) is 7.70. The van der Waals surface area contributed by atoms with Gasteiger partial charge in [0.05, 0.1) is 5.69 Å². The van der Waals surface area contributed by atoms with Crippen molar-refractivity contribution in [3.05, 3.63) is 41.7 Å². The Balaban J connectivity index is 1.87. The van der Waals surface area contributed by atoms with Crippen molar-refractivity contribution < 1.29 is 9.90 Å². The van der Waals surface area contributed by atoms with Crippen LogP contribution in [-0.4, -0.2) is 41.0 Å². The molecule has 0 saturated heterocycles. The maximum Gasteiger partial charge on any atom is 0.295 e. The van der Waals surface area contributed by atoms with Crippen molar-refractivity contribution in [2.75, 3.05) is 5.32 Å². The summed E-state index contributed by atoms with van der Waals surface area (Å²) in [4.78, 5) is 20.6. The molecule has 3 aromatic rings. The number of amides is 1. The molecule has 0 bridgehead atoms. The van der Waals surface area contributed by atoms with Gasteiger partial charge in [-0.05, 0) is 30.0 Å². The van der Waals surface area contributed by atoms with E-state index in [1.165, 1.54) is 11.0 Å². The van der Waals surface area contributed by atoms with Crippen LogP contribution in [0.2, 0.25) is 0 Å². The number of carbonyl (C=O) groups excluding carboxylic acids is 1. The topological polar surface area (TPSA) is 122 Å². The molecule has 0 aliphatic rings. The van der Waals surface area contributed by atoms with Gasteiger partial charge in [-0.3, -0.25) is 4.79 Å². The maximum absolute atomic E-state index is 12.5. The second-order valence-corrected chi connectivity index (χ2v) is 6.64. The zero-order valence-electron chi connectivity index (χ0n) is 14.4. The number of nitrogens with one attached hydrogen (secondary N) is 2. The van der Waals surface area contributed by atoms with Gasteiger partial charge >= 0.3 is 0 Å². The van der Waals surface area contributed by atoms with E-state index in [1.807, 2.05) is 6.07 Å². The number of hydrogen-bond acceptors (Lipinski definition) is 6. The quantitative estimate of drug-likeness (QED) is 0.626. The van der Waals surface area contributed by atoms with Crippen molar-refractivity contribution in [2.24, 2.45) is 0 Å². The van der Waals surface area contributed by atoms with E-state index in [2.05, 4.69) is 51.4 Å². The third-order valence-electron chi connectivity index (χ3n) is 3.69. The highest BCUT2D eigenvalue weighted by Crippen LogP contribution is 2.30. The average molecular weight is 341 g/mol. The summed E-state index contributed by atoms with van der Waals surface area (Å²) in [6.45, 7) is 7.85. The third kappa shape index (κ3) is 3.35. The number of hydrogen-bond donors (Lipinski definition) is 3. The Bertz CT molecular complexity index is 907. The molecule has 1 aromatic carbocycles. The smallest absolute Gasteiger partial charge is 0.295 e. The van der Waals surface area contributed by atoms with Crippen LogP contribution in [0.1, 0.15) is 42.8 Å². The number of carbonyl (C=O) groups is 1. The fourth-order valence-corrected chi connectivity index (χ4v) is 2.27. The highest BCUT2D eigenvalue weighted by Gasteiger charge is 2.20. The van der Waals surface area contributed by atoms with E-state index in [4.69, 9.17) is 0 Å². The van der Waals surface area contributed by atoms with E-state index >= 15 is 0 Å². The molecule has 3 rings (SSSR count). The van der Waals surface area contributed by atoms with E-state index in [-0.39, 0.29) is 17.0 Å². The number of aromatic amines is 1. The average Bonchev–Trinajstić information content (AvgIpc) is 3.17. The van der Waals surface area contributed by atoms with Crippen LogP contribution in [0.5, 0.6) is 5.75 Å². The van der Waals surface area contributed by atoms with Crippen LogP contribution in [-0.2, 0) is 5.41 Å². The highest BCUT2D eigenvalue weighted by molar-refractivity contribution is 6.02. The van der Waals surface area contributed by atoms with E-state index in [0.717, 1.165) is 5.56 Å². The molecule has 9 heteroatoms. The van der Waals surface area contributed by atoms with E-state index in [0.29, 0.717) is 17.5 Å². The summed E-state index contributed by atoms with van der Waals surface area (Å²) in [6.07, 6.45) is 1.34. The molecule has 2 heterocycles. The predicted molar refractivity (Wildman–Crippen MR) is 90.8 cm³/mol. The standard InChI is InChI=1S/C16H19N7O2/c1-9-19-13(22-23(9)15-17-8-18-21-15)14(25)20-11-7-10(16(2,3)4)5-6-12(11)24/h5-8,24H,1-4H3,(H,20,25)(H,17,18,21). The maximum atomic E-state index is 12.5. The molecule has 0 aliphatic heterocycles. The third-order valence-corrected chi connectivity index (χ3v) is 3.69. The minimum Gasteiger partial charge on any atom is -0.506 e. The SMILES string of the molecule is Cc1nc(C(=O)Nc2cc(C(C)(C)C)ccc2O)nn1-c1ncn[nH]1. The van der Waals surface area contributed by atoms with Gasteiger partial charge in [0, 0.05) is 0 Å². The minimum absolute atomic E-state index is 0.0206. The minimum atomic E-state index is -0.525. The van der Waals surface area contributed by atoms with Gasteiger partial charge in [-0.1, -0.05) is 26.8 Å². The number of nitrogens with zero attached hydrogens (tertiary/aromatic N) is 5. The lowest BCUT2D eigenvalue weighted by Gasteiger charge is -2.20. The summed E-state index contributed by atoms with van der Waals surface area (Å²) in [6, 6.07) is 5.13. The van der Waals surface area contributed by atoms with Crippen LogP contribution >= 0.6 is 0 Å². The van der Waals surface area contributed by atoms with Gasteiger partial charge in [-0.25, -0.2) is 10.1 Å². The summed E-state index contributed by atoms with van der Waals surface area (Å²) in [5.41, 5.74) is 1.18. The first-order chi connectivity index (χ1) is 11.8. The van der Waals surface area contributed by atoms with Crippen molar-refractivity contribution in [2.45, 2.75) is 33.1 Å². The van der Waals surface area contributed by atoms with Gasteiger partial charge in [0.15, 0.2) is 0 Å². The number of aryl methyl sites for hydroxylation is 1. The molecular formula is C16H19N7O2. The Labute approximate surface area is 144 Å². The fraction of sp³-hybridized carbons (Fsp3) is 0.312. The Kier molecular flexibility index (Phi) is 3.99. The molecule has 3 N–H and O–H groups in total. The lowest BCUT2D eigenvalue weighted by Crippen LogP contribution is -2.16. The zero-order valence-corrected chi connectivity index (χ0v) is 14.4. The van der Waals surface area contributed by atoms with Gasteiger partial charge < -0.3 is 10.4 Å². The number of aromatic hydroxyl groups is 1. The van der Waals surface area contributed by atoms with Crippen LogP contribution in [0.25, 0.3) is 5.95 Å². The van der Waals surface area contributed by atoms with Crippen molar-refractivity contribution in [3.63, 3.8) is 0 Å². The van der Waals surface area contributed by atoms with E-state index in [9.17, 15) is 9.90 Å². The molecule has 1 amide bonds. The van der Waals surface area contributed by atoms with Crippen LogP contribution in [0.4, 0.5) is 5.69 Å². The highest BCUT2D eigenvalue weighted by atomic mass is 16.3. The molecule has 130 valence electrons. The van der Waals surface area contributed by atoms with Crippen LogP contribution in [0.3, 0.4) is 0 Å². The number of H-pyrrole nitrogens is 1. The largest absolute Gasteiger partial charge is 0.506 e. The first-order valence-corrected chi connectivity index (χ1v) is 7.70. The van der Waals surface area contributed by atoms with Crippen LogP contribution in [0.15, 0.2) is 24.5 Å². The molecule has 0 saturated carbocycles. The summed E-state index contributed by atoms with van der Waals surface area (Å²) < 4.78 is 1.38. The summed E-state index contributed by atoms with van der Waals surface area (Å²) >= 11 is 0. The van der Waals surface area contributed by atoms with Crippen molar-refractivity contribution >= 4 is 11.6 Å². The summed E-state index contributed by atoms with van der Waals surface area (Å²) in [7, 11) is 0. The number of phenolic OH excluding ortho intramolecular Hbond substituents is 1. The number of rotatable bonds is 3. The lowest BCUT2D eigenvalue weighted by atomic mass is 9.87. The zero-order chi connectivity index (χ0) is 18.2. The van der Waals surface area contributed by atoms with Crippen molar-refractivity contribution in [3.8, 4) is 11.7 Å². The molecular weight excluding hydrogens is 322 g/mol. The molecule has 9 nitrogen and oxygen atoms in total. The molecule has 25 heavy (non-hydrogen) atoms. The normalized spacial score (nSPS) is 11.5. The monoisotopic (exact) mass is 341 g/mol. The molecule has 0 spiro atoms. The molecule has 0 radical (unpaired) electrons. The van der Waals surface area contributed by atoms with E-state index < -0.39 is 5.91 Å². The molecule has 0 unspecified atom stereocenters. The second kappa shape index (κ2) is 6.00. The second-order valence-electron chi connectivity index (χ2n) is 6.64. The lowest BCUT2D eigenvalue weighted by molar-refractivity contribution is 0.101. The van der Waals surface area contributed by atoms with Gasteiger partial charge in [0.1, 0.15) is 17.9 Å². The number of phenols is 1. The van der Waals surface area contributed by atoms with Crippen molar-refractivity contribution in [1.29, 1.82) is 0 Å². The summed E-state index contributed by atoms with van der Waals surface area (Å²) in [5.74, 6) is 0.265. The van der Waals surface area contributed by atoms with Gasteiger partial charge in [0.2, 0.25) is 11.8 Å². The van der Waals surface area contributed by atoms with Gasteiger partial charge in [-0.15, -0.1) is 5.10 Å². The van der Waals surface area contributed by atoms with Crippen LogP contribution in [0, 0.1) is 6.92 Å². The summed E-state index contributed by atoms with van der Waals surface area (Å²) in [5, 5.41) is 23.2. The predicted octanol–water partition coefficient (Wildman–Crippen LogP) is 1.95. The number of aromatic nitrogens is 6. The van der Waals surface area contributed by atoms with Gasteiger partial charge in [-0.2, -0.15) is 14.8 Å². The Hall–Kier alpha value is -3.23. The fourth-order valence-electron chi connectivity index (χ4n) is 2.27. The number of anilines is 1. The Morgan fingerprint density at radius 1 is 1.32 bits per heavy atom. The van der Waals surface area contributed by atoms with Gasteiger partial charge in [0.25, 0.3) is 5.91 Å². The molecule has 2 aromatic heterocycles. The molecule has 0 aliphatic carbocycles. The van der Waals surface area contributed by atoms with E-state index in [1.54, 1.807) is 19.1 Å². The Morgan fingerprint density at radius 2 is 2.08 bits per heavy atom. The van der Waals surface area contributed by atoms with Crippen molar-refractivity contribution in [1.82, 2.24) is 29.9 Å².